The average molecular weight is 583 g/mol. The number of aromatic nitrogens is 3. The van der Waals surface area contributed by atoms with Crippen LogP contribution in [0.3, 0.4) is 0 Å². The van der Waals surface area contributed by atoms with Gasteiger partial charge in [-0.25, -0.2) is 9.37 Å². The van der Waals surface area contributed by atoms with E-state index in [4.69, 9.17) is 0 Å². The maximum Gasteiger partial charge on any atom is 0.253 e. The molecule has 0 radical (unpaired) electrons. The Hall–Kier alpha value is -4.90. The molecule has 2 aromatic carbocycles. The summed E-state index contributed by atoms with van der Waals surface area (Å²) in [6.07, 6.45) is 7.04. The van der Waals surface area contributed by atoms with Crippen molar-refractivity contribution in [3.8, 4) is 0 Å². The number of pyridine rings is 1. The van der Waals surface area contributed by atoms with Crippen molar-refractivity contribution in [1.82, 2.24) is 30.5 Å². The van der Waals surface area contributed by atoms with Gasteiger partial charge in [0, 0.05) is 61.7 Å². The molecule has 0 bridgehead atoms. The Morgan fingerprint density at radius 2 is 1.72 bits per heavy atom. The third-order valence-corrected chi connectivity index (χ3v) is 7.43. The fraction of sp³-hybridized carbons (Fsp3) is 0.281. The van der Waals surface area contributed by atoms with Gasteiger partial charge in [-0.05, 0) is 92.5 Å². The summed E-state index contributed by atoms with van der Waals surface area (Å²) in [4.78, 5) is 41.9. The number of benzene rings is 2. The largest absolute Gasteiger partial charge is 0.354 e. The molecule has 3 heterocycles. The summed E-state index contributed by atoms with van der Waals surface area (Å²) in [6, 6.07) is 18.7. The molecule has 2 aromatic heterocycles. The lowest BCUT2D eigenvalue weighted by atomic mass is 9.74. The van der Waals surface area contributed by atoms with E-state index in [0.717, 1.165) is 12.0 Å². The second-order valence-electron chi connectivity index (χ2n) is 10.6. The summed E-state index contributed by atoms with van der Waals surface area (Å²) in [7, 11) is 1.84. The number of carbonyl (C=O) groups excluding carboxylic acids is 2. The molecule has 2 amide bonds. The first kappa shape index (κ1) is 29.6. The lowest BCUT2D eigenvalue weighted by molar-refractivity contribution is -0.133. The smallest absolute Gasteiger partial charge is 0.253 e. The van der Waals surface area contributed by atoms with E-state index in [1.165, 1.54) is 12.1 Å². The van der Waals surface area contributed by atoms with E-state index in [0.29, 0.717) is 67.7 Å². The zero-order valence-corrected chi connectivity index (χ0v) is 24.0. The second kappa shape index (κ2) is 13.8. The number of hydrogen-bond acceptors (Lipinski definition) is 8. The molecule has 5 rings (SSSR count). The highest BCUT2D eigenvalue weighted by atomic mass is 19.1. The standard InChI is InChI=1S/C32H35FN8O2/c1-34-17-18-36-30(43)32(20-23-4-2-15-35-21-23)14-3-19-41(22-32)29(42)24-5-9-27(10-6-24)39-31-37-16-13-28(40-31)38-26-11-7-25(33)8-12-26/h2,4-13,15-16,21,34H,3,14,17-20,22H2,1H3,(H,36,43)(H2,37,38,39,40). The molecule has 0 saturated carbocycles. The first-order chi connectivity index (χ1) is 20.9. The third-order valence-electron chi connectivity index (χ3n) is 7.43. The van der Waals surface area contributed by atoms with Crippen LogP contribution in [0.4, 0.5) is 27.5 Å². The van der Waals surface area contributed by atoms with E-state index >= 15 is 0 Å². The molecular formula is C32H35FN8O2. The highest BCUT2D eigenvalue weighted by molar-refractivity contribution is 5.95. The van der Waals surface area contributed by atoms with Crippen LogP contribution in [0.25, 0.3) is 0 Å². The zero-order chi connectivity index (χ0) is 30.1. The maximum atomic E-state index is 13.6. The molecule has 4 aromatic rings. The number of likely N-dealkylation sites (tertiary alicyclic amines) is 1. The van der Waals surface area contributed by atoms with Crippen molar-refractivity contribution in [2.24, 2.45) is 5.41 Å². The van der Waals surface area contributed by atoms with Crippen LogP contribution in [0.1, 0.15) is 28.8 Å². The molecule has 11 heteroatoms. The van der Waals surface area contributed by atoms with Crippen molar-refractivity contribution in [1.29, 1.82) is 0 Å². The van der Waals surface area contributed by atoms with Crippen molar-refractivity contribution in [3.63, 3.8) is 0 Å². The first-order valence-corrected chi connectivity index (χ1v) is 14.3. The van der Waals surface area contributed by atoms with Gasteiger partial charge in [0.15, 0.2) is 0 Å². The monoisotopic (exact) mass is 582 g/mol. The van der Waals surface area contributed by atoms with E-state index in [1.807, 2.05) is 19.2 Å². The Kier molecular flexibility index (Phi) is 9.52. The van der Waals surface area contributed by atoms with Crippen molar-refractivity contribution in [3.05, 3.63) is 102 Å². The zero-order valence-electron chi connectivity index (χ0n) is 24.0. The predicted octanol–water partition coefficient (Wildman–Crippen LogP) is 4.30. The number of nitrogens with zero attached hydrogens (tertiary/aromatic N) is 4. The molecule has 1 aliphatic heterocycles. The fourth-order valence-electron chi connectivity index (χ4n) is 5.27. The normalized spacial score (nSPS) is 16.4. The van der Waals surface area contributed by atoms with Crippen LogP contribution in [0.5, 0.6) is 0 Å². The quantitative estimate of drug-likeness (QED) is 0.193. The number of hydrogen-bond donors (Lipinski definition) is 4. The van der Waals surface area contributed by atoms with Gasteiger partial charge in [-0.15, -0.1) is 0 Å². The van der Waals surface area contributed by atoms with Crippen LogP contribution in [0, 0.1) is 11.2 Å². The number of amides is 2. The van der Waals surface area contributed by atoms with Gasteiger partial charge in [-0.2, -0.15) is 4.98 Å². The summed E-state index contributed by atoms with van der Waals surface area (Å²) >= 11 is 0. The molecule has 10 nitrogen and oxygen atoms in total. The van der Waals surface area contributed by atoms with Crippen molar-refractivity contribution >= 4 is 35.0 Å². The summed E-state index contributed by atoms with van der Waals surface area (Å²) < 4.78 is 13.2. The van der Waals surface area contributed by atoms with Gasteiger partial charge in [0.25, 0.3) is 5.91 Å². The lowest BCUT2D eigenvalue weighted by Crippen LogP contribution is -2.55. The predicted molar refractivity (Wildman–Crippen MR) is 164 cm³/mol. The van der Waals surface area contributed by atoms with Crippen molar-refractivity contribution in [2.45, 2.75) is 19.3 Å². The molecule has 222 valence electrons. The van der Waals surface area contributed by atoms with E-state index < -0.39 is 5.41 Å². The highest BCUT2D eigenvalue weighted by Gasteiger charge is 2.43. The SMILES string of the molecule is CNCCNC(=O)C1(Cc2cccnc2)CCCN(C(=O)c2ccc(Nc3nccc(Nc4ccc(F)cc4)n3)cc2)C1. The van der Waals surface area contributed by atoms with Gasteiger partial charge in [0.2, 0.25) is 11.9 Å². The van der Waals surface area contributed by atoms with Crippen LogP contribution in [0.2, 0.25) is 0 Å². The van der Waals surface area contributed by atoms with Gasteiger partial charge < -0.3 is 26.2 Å². The first-order valence-electron chi connectivity index (χ1n) is 14.3. The van der Waals surface area contributed by atoms with Crippen LogP contribution in [0.15, 0.2) is 85.3 Å². The summed E-state index contributed by atoms with van der Waals surface area (Å²) in [6.45, 7) is 2.09. The summed E-state index contributed by atoms with van der Waals surface area (Å²) in [5.41, 5.74) is 2.17. The Labute approximate surface area is 250 Å². The van der Waals surface area contributed by atoms with E-state index in [1.54, 1.807) is 66.0 Å². The molecule has 4 N–H and O–H groups in total. The van der Waals surface area contributed by atoms with Crippen LogP contribution in [-0.4, -0.2) is 64.9 Å². The summed E-state index contributed by atoms with van der Waals surface area (Å²) in [5.74, 6) is 0.441. The van der Waals surface area contributed by atoms with Gasteiger partial charge in [-0.1, -0.05) is 6.07 Å². The number of nitrogens with one attached hydrogen (secondary N) is 4. The number of carbonyl (C=O) groups is 2. The molecule has 1 atom stereocenters. The molecular weight excluding hydrogens is 547 g/mol. The topological polar surface area (TPSA) is 124 Å². The van der Waals surface area contributed by atoms with E-state index in [-0.39, 0.29) is 17.6 Å². The molecule has 1 aliphatic rings. The van der Waals surface area contributed by atoms with E-state index in [2.05, 4.69) is 36.2 Å². The van der Waals surface area contributed by atoms with Gasteiger partial charge in [0.1, 0.15) is 11.6 Å². The van der Waals surface area contributed by atoms with Gasteiger partial charge in [0.05, 0.1) is 5.41 Å². The molecule has 1 unspecified atom stereocenters. The maximum absolute atomic E-state index is 13.6. The number of likely N-dealkylation sites (N-methyl/N-ethyl adjacent to an activating group) is 1. The molecule has 1 saturated heterocycles. The third kappa shape index (κ3) is 7.69. The second-order valence-corrected chi connectivity index (χ2v) is 10.6. The highest BCUT2D eigenvalue weighted by Crippen LogP contribution is 2.35. The Bertz CT molecular complexity index is 1520. The lowest BCUT2D eigenvalue weighted by Gasteiger charge is -2.42. The molecule has 1 fully saturated rings. The number of halogens is 1. The minimum absolute atomic E-state index is 0.0419. The Balaban J connectivity index is 1.26. The van der Waals surface area contributed by atoms with Gasteiger partial charge >= 0.3 is 0 Å². The van der Waals surface area contributed by atoms with Crippen molar-refractivity contribution in [2.75, 3.05) is 43.9 Å². The van der Waals surface area contributed by atoms with Crippen LogP contribution in [-0.2, 0) is 11.2 Å². The molecule has 0 aliphatic carbocycles. The van der Waals surface area contributed by atoms with Crippen molar-refractivity contribution < 1.29 is 14.0 Å². The van der Waals surface area contributed by atoms with Crippen LogP contribution < -0.4 is 21.3 Å². The average Bonchev–Trinajstić information content (AvgIpc) is 3.03. The number of piperidine rings is 1. The minimum Gasteiger partial charge on any atom is -0.354 e. The fourth-order valence-corrected chi connectivity index (χ4v) is 5.27. The molecule has 43 heavy (non-hydrogen) atoms. The van der Waals surface area contributed by atoms with E-state index in [9.17, 15) is 14.0 Å². The molecule has 0 spiro atoms. The number of rotatable bonds is 11. The Morgan fingerprint density at radius 3 is 2.47 bits per heavy atom. The Morgan fingerprint density at radius 1 is 0.953 bits per heavy atom. The minimum atomic E-state index is -0.740. The van der Waals surface area contributed by atoms with Crippen LogP contribution >= 0.6 is 0 Å². The number of anilines is 4. The summed E-state index contributed by atoms with van der Waals surface area (Å²) in [5, 5.41) is 12.4. The van der Waals surface area contributed by atoms with Gasteiger partial charge in [-0.3, -0.25) is 14.6 Å².